The first-order chi connectivity index (χ1) is 8.86. The van der Waals surface area contributed by atoms with E-state index in [4.69, 9.17) is 0 Å². The van der Waals surface area contributed by atoms with Gasteiger partial charge in [-0.05, 0) is 24.8 Å². The predicted octanol–water partition coefficient (Wildman–Crippen LogP) is 1.76. The van der Waals surface area contributed by atoms with Crippen molar-refractivity contribution in [2.75, 3.05) is 6.54 Å². The van der Waals surface area contributed by atoms with Crippen molar-refractivity contribution < 1.29 is 22.8 Å². The van der Waals surface area contributed by atoms with Crippen LogP contribution in [-0.2, 0) is 11.3 Å². The lowest BCUT2D eigenvalue weighted by Gasteiger charge is -2.05. The van der Waals surface area contributed by atoms with Gasteiger partial charge in [-0.2, -0.15) is 13.2 Å². The minimum absolute atomic E-state index is 0.0855. The number of nitrogens with zero attached hydrogens (tertiary/aromatic N) is 1. The van der Waals surface area contributed by atoms with Crippen LogP contribution in [0.4, 0.5) is 13.2 Å². The summed E-state index contributed by atoms with van der Waals surface area (Å²) in [6.45, 7) is 0.520. The van der Waals surface area contributed by atoms with Crippen LogP contribution in [0.25, 0.3) is 0 Å². The molecule has 1 aromatic rings. The molecule has 0 atom stereocenters. The standard InChI is InChI=1S/C12H13F3N2O2/c13-12(14,15)11(19)9-3-4-17(6-9)7-10(18)16-5-8-1-2-8/h3-4,6,8H,1-2,5,7H2,(H,16,18). The summed E-state index contributed by atoms with van der Waals surface area (Å²) < 4.78 is 37.8. The first-order valence-electron chi connectivity index (χ1n) is 5.90. The summed E-state index contributed by atoms with van der Waals surface area (Å²) in [4.78, 5) is 22.4. The molecule has 4 nitrogen and oxygen atoms in total. The van der Waals surface area contributed by atoms with Gasteiger partial charge in [0.2, 0.25) is 5.91 Å². The average molecular weight is 274 g/mol. The summed E-state index contributed by atoms with van der Waals surface area (Å²) >= 11 is 0. The summed E-state index contributed by atoms with van der Waals surface area (Å²) in [6.07, 6.45) is -0.356. The maximum absolute atomic E-state index is 12.2. The molecule has 7 heteroatoms. The lowest BCUT2D eigenvalue weighted by Crippen LogP contribution is -2.29. The predicted molar refractivity (Wildman–Crippen MR) is 60.6 cm³/mol. The zero-order chi connectivity index (χ0) is 14.0. The number of carbonyl (C=O) groups excluding carboxylic acids is 2. The van der Waals surface area contributed by atoms with Crippen LogP contribution < -0.4 is 5.32 Å². The minimum Gasteiger partial charge on any atom is -0.354 e. The Hall–Kier alpha value is -1.79. The zero-order valence-corrected chi connectivity index (χ0v) is 10.0. The Morgan fingerprint density at radius 1 is 1.37 bits per heavy atom. The summed E-state index contributed by atoms with van der Waals surface area (Å²) in [5.41, 5.74) is -0.456. The fraction of sp³-hybridized carbons (Fsp3) is 0.500. The maximum atomic E-state index is 12.2. The number of hydrogen-bond acceptors (Lipinski definition) is 2. The van der Waals surface area contributed by atoms with Gasteiger partial charge in [-0.15, -0.1) is 0 Å². The van der Waals surface area contributed by atoms with Crippen LogP contribution in [0.1, 0.15) is 23.2 Å². The Bertz CT molecular complexity index is 489. The van der Waals surface area contributed by atoms with Crippen LogP contribution in [0.15, 0.2) is 18.5 Å². The van der Waals surface area contributed by atoms with E-state index in [2.05, 4.69) is 5.32 Å². The van der Waals surface area contributed by atoms with Crippen LogP contribution in [0.5, 0.6) is 0 Å². The van der Waals surface area contributed by atoms with Gasteiger partial charge in [0.25, 0.3) is 5.78 Å². The Morgan fingerprint density at radius 3 is 2.63 bits per heavy atom. The third kappa shape index (κ3) is 3.84. The molecule has 1 aliphatic rings. The van der Waals surface area contributed by atoms with Gasteiger partial charge in [-0.1, -0.05) is 0 Å². The Kier molecular flexibility index (Phi) is 3.64. The van der Waals surface area contributed by atoms with Crippen molar-refractivity contribution in [3.8, 4) is 0 Å². The number of halogens is 3. The molecular weight excluding hydrogens is 261 g/mol. The summed E-state index contributed by atoms with van der Waals surface area (Å²) in [6, 6.07) is 1.06. The van der Waals surface area contributed by atoms with Crippen molar-refractivity contribution in [2.24, 2.45) is 5.92 Å². The van der Waals surface area contributed by atoms with Crippen LogP contribution in [0.2, 0.25) is 0 Å². The van der Waals surface area contributed by atoms with Crippen molar-refractivity contribution >= 4 is 11.7 Å². The number of aromatic nitrogens is 1. The number of alkyl halides is 3. The second kappa shape index (κ2) is 5.07. The van der Waals surface area contributed by atoms with E-state index in [1.807, 2.05) is 0 Å². The van der Waals surface area contributed by atoms with Gasteiger partial charge in [0.15, 0.2) is 0 Å². The monoisotopic (exact) mass is 274 g/mol. The van der Waals surface area contributed by atoms with E-state index in [1.165, 1.54) is 10.8 Å². The number of amides is 1. The van der Waals surface area contributed by atoms with E-state index >= 15 is 0 Å². The normalized spacial score (nSPS) is 15.3. The maximum Gasteiger partial charge on any atom is 0.454 e. The Morgan fingerprint density at radius 2 is 2.05 bits per heavy atom. The molecule has 0 radical (unpaired) electrons. The number of rotatable bonds is 5. The lowest BCUT2D eigenvalue weighted by atomic mass is 10.2. The number of ketones is 1. The molecule has 1 amide bonds. The molecule has 1 aromatic heterocycles. The first kappa shape index (κ1) is 13.6. The Labute approximate surface area is 107 Å². The van der Waals surface area contributed by atoms with Gasteiger partial charge in [0.05, 0.1) is 0 Å². The number of carbonyl (C=O) groups is 2. The fourth-order valence-corrected chi connectivity index (χ4v) is 1.64. The van der Waals surface area contributed by atoms with Crippen molar-refractivity contribution in [3.05, 3.63) is 24.0 Å². The highest BCUT2D eigenvalue weighted by Crippen LogP contribution is 2.27. The quantitative estimate of drug-likeness (QED) is 0.832. The van der Waals surface area contributed by atoms with Crippen molar-refractivity contribution in [1.82, 2.24) is 9.88 Å². The molecule has 1 N–H and O–H groups in total. The van der Waals surface area contributed by atoms with E-state index in [0.29, 0.717) is 12.5 Å². The lowest BCUT2D eigenvalue weighted by molar-refractivity contribution is -0.121. The zero-order valence-electron chi connectivity index (χ0n) is 10.0. The summed E-state index contributed by atoms with van der Waals surface area (Å²) in [5, 5.41) is 2.69. The summed E-state index contributed by atoms with van der Waals surface area (Å²) in [5.74, 6) is -1.63. The molecule has 0 bridgehead atoms. The first-order valence-corrected chi connectivity index (χ1v) is 5.90. The molecule has 0 saturated heterocycles. The second-order valence-electron chi connectivity index (χ2n) is 4.65. The third-order valence-corrected chi connectivity index (χ3v) is 2.88. The van der Waals surface area contributed by atoms with Gasteiger partial charge in [0.1, 0.15) is 6.54 Å². The highest BCUT2D eigenvalue weighted by molar-refractivity contribution is 6.00. The second-order valence-corrected chi connectivity index (χ2v) is 4.65. The van der Waals surface area contributed by atoms with Crippen LogP contribution in [-0.4, -0.2) is 29.0 Å². The van der Waals surface area contributed by atoms with Gasteiger partial charge in [-0.25, -0.2) is 0 Å². The third-order valence-electron chi connectivity index (χ3n) is 2.88. The minimum atomic E-state index is -4.89. The number of hydrogen-bond donors (Lipinski definition) is 1. The molecule has 1 saturated carbocycles. The topological polar surface area (TPSA) is 51.1 Å². The molecular formula is C12H13F3N2O2. The van der Waals surface area contributed by atoms with E-state index in [1.54, 1.807) is 0 Å². The smallest absolute Gasteiger partial charge is 0.354 e. The molecule has 19 heavy (non-hydrogen) atoms. The van der Waals surface area contributed by atoms with Gasteiger partial charge in [0, 0.05) is 24.5 Å². The van der Waals surface area contributed by atoms with E-state index < -0.39 is 17.5 Å². The van der Waals surface area contributed by atoms with Gasteiger partial charge < -0.3 is 9.88 Å². The molecule has 104 valence electrons. The molecule has 0 unspecified atom stereocenters. The molecule has 0 aromatic carbocycles. The highest BCUT2D eigenvalue weighted by atomic mass is 19.4. The summed E-state index contributed by atoms with van der Waals surface area (Å²) in [7, 11) is 0. The molecule has 0 spiro atoms. The van der Waals surface area contributed by atoms with Crippen molar-refractivity contribution in [3.63, 3.8) is 0 Å². The number of nitrogens with one attached hydrogen (secondary N) is 1. The van der Waals surface area contributed by atoms with Crippen LogP contribution in [0, 0.1) is 5.92 Å². The average Bonchev–Trinajstić information content (AvgIpc) is 3.04. The van der Waals surface area contributed by atoms with Gasteiger partial charge in [-0.3, -0.25) is 9.59 Å². The van der Waals surface area contributed by atoms with E-state index in [-0.39, 0.29) is 12.5 Å². The SMILES string of the molecule is O=C(Cn1ccc(C(=O)C(F)(F)F)c1)NCC1CC1. The van der Waals surface area contributed by atoms with Gasteiger partial charge >= 0.3 is 6.18 Å². The van der Waals surface area contributed by atoms with Crippen molar-refractivity contribution in [2.45, 2.75) is 25.6 Å². The molecule has 1 aliphatic carbocycles. The van der Waals surface area contributed by atoms with E-state index in [9.17, 15) is 22.8 Å². The van der Waals surface area contributed by atoms with Crippen LogP contribution >= 0.6 is 0 Å². The number of Topliss-reactive ketones (excluding diaryl/α,β-unsaturated/α-hetero) is 1. The Balaban J connectivity index is 1.89. The van der Waals surface area contributed by atoms with Crippen LogP contribution in [0.3, 0.4) is 0 Å². The molecule has 2 rings (SSSR count). The highest BCUT2D eigenvalue weighted by Gasteiger charge is 2.39. The van der Waals surface area contributed by atoms with Crippen molar-refractivity contribution in [1.29, 1.82) is 0 Å². The van der Waals surface area contributed by atoms with E-state index in [0.717, 1.165) is 25.1 Å². The molecule has 1 fully saturated rings. The molecule has 0 aliphatic heterocycles. The fourth-order valence-electron chi connectivity index (χ4n) is 1.64. The largest absolute Gasteiger partial charge is 0.454 e. The molecule has 1 heterocycles.